The average Bonchev–Trinajstić information content (AvgIpc) is 2.68. The lowest BCUT2D eigenvalue weighted by Crippen LogP contribution is -2.37. The van der Waals surface area contributed by atoms with Gasteiger partial charge in [0, 0.05) is 0 Å². The molecule has 4 heteroatoms. The summed E-state index contributed by atoms with van der Waals surface area (Å²) in [5, 5.41) is 18.8. The molecule has 4 nitrogen and oxygen atoms in total. The van der Waals surface area contributed by atoms with Crippen LogP contribution in [0.2, 0.25) is 0 Å². The maximum atomic E-state index is 9.74. The molecule has 0 aromatic rings. The zero-order valence-electron chi connectivity index (χ0n) is 12.3. The molecule has 112 valence electrons. The van der Waals surface area contributed by atoms with E-state index < -0.39 is 18.0 Å². The summed E-state index contributed by atoms with van der Waals surface area (Å²) in [7, 11) is 0. The molecule has 0 radical (unpaired) electrons. The van der Waals surface area contributed by atoms with Gasteiger partial charge in [0.1, 0.15) is 18.3 Å². The van der Waals surface area contributed by atoms with Gasteiger partial charge in [0.05, 0.1) is 6.61 Å². The molecular formula is C15H28O4. The Hall–Kier alpha value is -0.420. The van der Waals surface area contributed by atoms with E-state index in [-0.39, 0.29) is 12.7 Å². The van der Waals surface area contributed by atoms with Crippen molar-refractivity contribution in [3.8, 4) is 0 Å². The van der Waals surface area contributed by atoms with Gasteiger partial charge in [0.25, 0.3) is 0 Å². The van der Waals surface area contributed by atoms with Crippen molar-refractivity contribution >= 4 is 0 Å². The van der Waals surface area contributed by atoms with E-state index in [0.29, 0.717) is 0 Å². The Kier molecular flexibility index (Phi) is 7.00. The topological polar surface area (TPSA) is 58.9 Å². The van der Waals surface area contributed by atoms with E-state index in [9.17, 15) is 5.11 Å². The largest absolute Gasteiger partial charge is 0.394 e. The minimum Gasteiger partial charge on any atom is -0.394 e. The molecular weight excluding hydrogens is 244 g/mol. The van der Waals surface area contributed by atoms with Gasteiger partial charge >= 0.3 is 0 Å². The molecule has 0 aliphatic carbocycles. The first-order valence-corrected chi connectivity index (χ1v) is 7.31. The molecule has 1 saturated heterocycles. The normalized spacial score (nSPS) is 28.1. The molecule has 1 fully saturated rings. The molecule has 2 N–H and O–H groups in total. The van der Waals surface area contributed by atoms with Gasteiger partial charge in [-0.05, 0) is 26.7 Å². The third-order valence-electron chi connectivity index (χ3n) is 3.28. The van der Waals surface area contributed by atoms with Crippen LogP contribution in [0, 0.1) is 0 Å². The summed E-state index contributed by atoms with van der Waals surface area (Å²) >= 11 is 0. The molecule has 0 spiro atoms. The molecule has 2 unspecified atom stereocenters. The van der Waals surface area contributed by atoms with Crippen LogP contribution in [-0.4, -0.2) is 40.9 Å². The SMILES string of the molecule is CCCCCC/C=C/C1OC(C)(C)OC1[C@@H](O)CO. The Morgan fingerprint density at radius 2 is 1.95 bits per heavy atom. The summed E-state index contributed by atoms with van der Waals surface area (Å²) in [6, 6.07) is 0. The predicted molar refractivity (Wildman–Crippen MR) is 74.8 cm³/mol. The first-order chi connectivity index (χ1) is 9.00. The van der Waals surface area contributed by atoms with Crippen molar-refractivity contribution < 1.29 is 19.7 Å². The Bertz CT molecular complexity index is 275. The first kappa shape index (κ1) is 16.6. The number of unbranched alkanes of at least 4 members (excludes halogenated alkanes) is 4. The summed E-state index contributed by atoms with van der Waals surface area (Å²) in [5.74, 6) is -0.710. The molecule has 0 aromatic heterocycles. The Morgan fingerprint density at radius 1 is 1.21 bits per heavy atom. The maximum absolute atomic E-state index is 9.74. The van der Waals surface area contributed by atoms with E-state index in [1.54, 1.807) is 0 Å². The van der Waals surface area contributed by atoms with E-state index in [1.165, 1.54) is 25.7 Å². The molecule has 0 amide bonds. The molecule has 0 aromatic carbocycles. The Labute approximate surface area is 116 Å². The maximum Gasteiger partial charge on any atom is 0.164 e. The molecule has 1 aliphatic rings. The molecule has 1 aliphatic heterocycles. The number of ether oxygens (including phenoxy) is 2. The summed E-state index contributed by atoms with van der Waals surface area (Å²) in [6.07, 6.45) is 8.30. The van der Waals surface area contributed by atoms with Crippen molar-refractivity contribution in [3.05, 3.63) is 12.2 Å². The van der Waals surface area contributed by atoms with Gasteiger partial charge < -0.3 is 19.7 Å². The van der Waals surface area contributed by atoms with Crippen LogP contribution in [0.1, 0.15) is 52.9 Å². The number of allylic oxidation sites excluding steroid dienone is 1. The lowest BCUT2D eigenvalue weighted by Gasteiger charge is -2.19. The zero-order valence-corrected chi connectivity index (χ0v) is 12.3. The lowest BCUT2D eigenvalue weighted by molar-refractivity contribution is -0.155. The summed E-state index contributed by atoms with van der Waals surface area (Å²) in [5.41, 5.74) is 0. The van der Waals surface area contributed by atoms with E-state index in [2.05, 4.69) is 13.0 Å². The zero-order chi connectivity index (χ0) is 14.3. The minimum atomic E-state index is -0.906. The van der Waals surface area contributed by atoms with Crippen LogP contribution in [0.5, 0.6) is 0 Å². The van der Waals surface area contributed by atoms with Gasteiger partial charge in [-0.1, -0.05) is 38.3 Å². The molecule has 0 bridgehead atoms. The highest BCUT2D eigenvalue weighted by Crippen LogP contribution is 2.30. The number of aliphatic hydroxyl groups excluding tert-OH is 2. The van der Waals surface area contributed by atoms with Crippen LogP contribution >= 0.6 is 0 Å². The fourth-order valence-electron chi connectivity index (χ4n) is 2.29. The van der Waals surface area contributed by atoms with Crippen molar-refractivity contribution in [3.63, 3.8) is 0 Å². The van der Waals surface area contributed by atoms with Crippen LogP contribution in [0.4, 0.5) is 0 Å². The number of hydrogen-bond donors (Lipinski definition) is 2. The summed E-state index contributed by atoms with van der Waals surface area (Å²) in [4.78, 5) is 0. The van der Waals surface area contributed by atoms with Gasteiger partial charge in [-0.15, -0.1) is 0 Å². The van der Waals surface area contributed by atoms with E-state index >= 15 is 0 Å². The second kappa shape index (κ2) is 8.00. The van der Waals surface area contributed by atoms with Gasteiger partial charge in [0.15, 0.2) is 5.79 Å². The predicted octanol–water partition coefficient (Wildman–Crippen LogP) is 2.39. The molecule has 1 rings (SSSR count). The van der Waals surface area contributed by atoms with Crippen molar-refractivity contribution in [2.24, 2.45) is 0 Å². The first-order valence-electron chi connectivity index (χ1n) is 7.31. The van der Waals surface area contributed by atoms with Gasteiger partial charge in [-0.2, -0.15) is 0 Å². The van der Waals surface area contributed by atoms with E-state index in [0.717, 1.165) is 6.42 Å². The van der Waals surface area contributed by atoms with E-state index in [4.69, 9.17) is 14.6 Å². The average molecular weight is 272 g/mol. The third-order valence-corrected chi connectivity index (χ3v) is 3.28. The minimum absolute atomic E-state index is 0.289. The van der Waals surface area contributed by atoms with Crippen molar-refractivity contribution in [1.82, 2.24) is 0 Å². The summed E-state index contributed by atoms with van der Waals surface area (Å²) in [6.45, 7) is 5.52. The Morgan fingerprint density at radius 3 is 2.58 bits per heavy atom. The lowest BCUT2D eigenvalue weighted by atomic mass is 10.1. The van der Waals surface area contributed by atoms with Gasteiger partial charge in [-0.3, -0.25) is 0 Å². The van der Waals surface area contributed by atoms with Crippen molar-refractivity contribution in [2.75, 3.05) is 6.61 Å². The van der Waals surface area contributed by atoms with Crippen LogP contribution in [0.15, 0.2) is 12.2 Å². The number of aliphatic hydroxyl groups is 2. The smallest absolute Gasteiger partial charge is 0.164 e. The van der Waals surface area contributed by atoms with Crippen LogP contribution in [0.25, 0.3) is 0 Å². The highest BCUT2D eigenvalue weighted by molar-refractivity contribution is 5.00. The quantitative estimate of drug-likeness (QED) is 0.526. The van der Waals surface area contributed by atoms with Gasteiger partial charge in [0.2, 0.25) is 0 Å². The van der Waals surface area contributed by atoms with Crippen LogP contribution < -0.4 is 0 Å². The number of hydrogen-bond acceptors (Lipinski definition) is 4. The molecule has 1 heterocycles. The van der Waals surface area contributed by atoms with Crippen molar-refractivity contribution in [1.29, 1.82) is 0 Å². The fraction of sp³-hybridized carbons (Fsp3) is 0.867. The standard InChI is InChI=1S/C15H28O4/c1-4-5-6-7-8-9-10-13-14(12(17)11-16)19-15(2,3)18-13/h9-10,12-14,16-17H,4-8,11H2,1-3H3/b10-9+/t12-,13?,14?/m0/s1. The van der Waals surface area contributed by atoms with Crippen molar-refractivity contribution in [2.45, 2.75) is 77.0 Å². The van der Waals surface area contributed by atoms with Gasteiger partial charge in [-0.25, -0.2) is 0 Å². The second-order valence-electron chi connectivity index (χ2n) is 5.59. The highest BCUT2D eigenvalue weighted by atomic mass is 16.8. The molecule has 3 atom stereocenters. The second-order valence-corrected chi connectivity index (χ2v) is 5.59. The molecule has 0 saturated carbocycles. The Balaban J connectivity index is 2.43. The van der Waals surface area contributed by atoms with Crippen LogP contribution in [-0.2, 0) is 9.47 Å². The summed E-state index contributed by atoms with van der Waals surface area (Å²) < 4.78 is 11.4. The monoisotopic (exact) mass is 272 g/mol. The number of rotatable bonds is 8. The third kappa shape index (κ3) is 5.61. The fourth-order valence-corrected chi connectivity index (χ4v) is 2.29. The van der Waals surface area contributed by atoms with E-state index in [1.807, 2.05) is 19.9 Å². The molecule has 19 heavy (non-hydrogen) atoms. The highest BCUT2D eigenvalue weighted by Gasteiger charge is 2.43. The van der Waals surface area contributed by atoms with Crippen LogP contribution in [0.3, 0.4) is 0 Å².